The molecule has 0 saturated heterocycles. The summed E-state index contributed by atoms with van der Waals surface area (Å²) in [7, 11) is 0. The van der Waals surface area contributed by atoms with Crippen molar-refractivity contribution in [3.8, 4) is 0 Å². The number of rotatable bonds is 3. The van der Waals surface area contributed by atoms with Crippen LogP contribution in [0.2, 0.25) is 0 Å². The second-order valence-electron chi connectivity index (χ2n) is 2.06. The Balaban J connectivity index is 2.70. The van der Waals surface area contributed by atoms with Crippen LogP contribution in [0, 0.1) is 10.1 Å². The fourth-order valence-corrected chi connectivity index (χ4v) is 0.703. The molecule has 0 aromatic carbocycles. The minimum Gasteiger partial charge on any atom is -0.459 e. The van der Waals surface area contributed by atoms with Gasteiger partial charge in [0.2, 0.25) is 6.20 Å². The van der Waals surface area contributed by atoms with E-state index in [9.17, 15) is 10.1 Å². The van der Waals surface area contributed by atoms with Gasteiger partial charge in [-0.3, -0.25) is 10.1 Å². The van der Waals surface area contributed by atoms with Crippen LogP contribution in [0.25, 0.3) is 6.08 Å². The number of furan rings is 1. The van der Waals surface area contributed by atoms with Crippen molar-refractivity contribution in [3.63, 3.8) is 0 Å². The molecule has 0 aliphatic carbocycles. The Labute approximate surface area is 68.1 Å². The fourth-order valence-electron chi connectivity index (χ4n) is 0.703. The molecule has 0 aliphatic rings. The summed E-state index contributed by atoms with van der Waals surface area (Å²) in [4.78, 5) is 9.29. The smallest absolute Gasteiger partial charge is 0.238 e. The Kier molecular flexibility index (Phi) is 2.60. The summed E-state index contributed by atoms with van der Waals surface area (Å²) in [6.07, 6.45) is 2.00. The molecule has 0 amide bonds. The molecule has 1 aromatic heterocycles. The highest BCUT2D eigenvalue weighted by Gasteiger charge is 1.97. The van der Waals surface area contributed by atoms with E-state index in [2.05, 4.69) is 0 Å². The third-order valence-corrected chi connectivity index (χ3v) is 1.20. The molecular weight excluding hydrogens is 162 g/mol. The first-order valence-electron chi connectivity index (χ1n) is 3.23. The third-order valence-electron chi connectivity index (χ3n) is 1.20. The van der Waals surface area contributed by atoms with Crippen LogP contribution in [0.5, 0.6) is 0 Å². The number of nitrogens with zero attached hydrogens (tertiary/aromatic N) is 1. The lowest BCUT2D eigenvalue weighted by Crippen LogP contribution is -1.81. The van der Waals surface area contributed by atoms with E-state index >= 15 is 0 Å². The van der Waals surface area contributed by atoms with Gasteiger partial charge >= 0.3 is 0 Å². The molecule has 0 atom stereocenters. The molecule has 64 valence electrons. The van der Waals surface area contributed by atoms with Crippen LogP contribution < -0.4 is 0 Å². The van der Waals surface area contributed by atoms with Crippen LogP contribution in [0.1, 0.15) is 11.5 Å². The van der Waals surface area contributed by atoms with Gasteiger partial charge in [-0.2, -0.15) is 0 Å². The van der Waals surface area contributed by atoms with Gasteiger partial charge in [-0.05, 0) is 12.1 Å². The van der Waals surface area contributed by atoms with Crippen molar-refractivity contribution in [2.75, 3.05) is 0 Å². The molecule has 1 rings (SSSR count). The number of hydrogen-bond acceptors (Lipinski definition) is 4. The van der Waals surface area contributed by atoms with Gasteiger partial charge in [0.15, 0.2) is 0 Å². The maximum Gasteiger partial charge on any atom is 0.238 e. The third kappa shape index (κ3) is 2.21. The van der Waals surface area contributed by atoms with Crippen LogP contribution >= 0.6 is 0 Å². The van der Waals surface area contributed by atoms with Gasteiger partial charge in [0, 0.05) is 0 Å². The van der Waals surface area contributed by atoms with Crippen molar-refractivity contribution < 1.29 is 14.4 Å². The standard InChI is InChI=1S/C7H7NO4/c9-5-7-2-1-6(12-7)3-4-8(10)11/h1-4,9H,5H2/b4-3-. The van der Waals surface area contributed by atoms with E-state index in [0.717, 1.165) is 6.20 Å². The maximum absolute atomic E-state index is 9.88. The molecule has 5 heteroatoms. The number of aliphatic hydroxyl groups is 1. The quantitative estimate of drug-likeness (QED) is 0.541. The molecule has 1 aromatic rings. The van der Waals surface area contributed by atoms with Gasteiger partial charge in [-0.1, -0.05) is 0 Å². The second-order valence-corrected chi connectivity index (χ2v) is 2.06. The zero-order valence-corrected chi connectivity index (χ0v) is 6.14. The van der Waals surface area contributed by atoms with Crippen molar-refractivity contribution in [1.29, 1.82) is 0 Å². The van der Waals surface area contributed by atoms with E-state index in [0.29, 0.717) is 11.5 Å². The van der Waals surface area contributed by atoms with Crippen molar-refractivity contribution in [1.82, 2.24) is 0 Å². The topological polar surface area (TPSA) is 76.5 Å². The van der Waals surface area contributed by atoms with E-state index in [1.165, 1.54) is 6.08 Å². The first-order valence-corrected chi connectivity index (χ1v) is 3.23. The van der Waals surface area contributed by atoms with Crippen molar-refractivity contribution >= 4 is 6.08 Å². The first kappa shape index (κ1) is 8.48. The molecule has 1 N–H and O–H groups in total. The molecule has 0 radical (unpaired) electrons. The summed E-state index contributed by atoms with van der Waals surface area (Å²) < 4.78 is 4.94. The fraction of sp³-hybridized carbons (Fsp3) is 0.143. The Morgan fingerprint density at radius 3 is 2.92 bits per heavy atom. The lowest BCUT2D eigenvalue weighted by Gasteiger charge is -1.84. The molecule has 0 bridgehead atoms. The molecule has 0 fully saturated rings. The van der Waals surface area contributed by atoms with E-state index < -0.39 is 4.92 Å². The monoisotopic (exact) mass is 169 g/mol. The molecule has 12 heavy (non-hydrogen) atoms. The normalized spacial score (nSPS) is 10.8. The average molecular weight is 169 g/mol. The average Bonchev–Trinajstić information content (AvgIpc) is 2.48. The largest absolute Gasteiger partial charge is 0.459 e. The van der Waals surface area contributed by atoms with Crippen LogP contribution in [0.3, 0.4) is 0 Å². The predicted molar refractivity (Wildman–Crippen MR) is 40.7 cm³/mol. The van der Waals surface area contributed by atoms with Crippen LogP contribution in [-0.4, -0.2) is 10.0 Å². The van der Waals surface area contributed by atoms with Crippen molar-refractivity contribution in [2.45, 2.75) is 6.61 Å². The molecule has 0 unspecified atom stereocenters. The Morgan fingerprint density at radius 2 is 2.42 bits per heavy atom. The first-order chi connectivity index (χ1) is 5.72. The lowest BCUT2D eigenvalue weighted by molar-refractivity contribution is -0.401. The highest BCUT2D eigenvalue weighted by molar-refractivity contribution is 5.41. The zero-order valence-electron chi connectivity index (χ0n) is 6.14. The second kappa shape index (κ2) is 3.68. The summed E-state index contributed by atoms with van der Waals surface area (Å²) in [6, 6.07) is 3.10. The van der Waals surface area contributed by atoms with E-state index in [1.54, 1.807) is 12.1 Å². The molecule has 1 heterocycles. The highest BCUT2D eigenvalue weighted by Crippen LogP contribution is 2.08. The molecule has 0 spiro atoms. The van der Waals surface area contributed by atoms with Crippen molar-refractivity contribution in [2.24, 2.45) is 0 Å². The minimum atomic E-state index is -0.582. The summed E-state index contributed by atoms with van der Waals surface area (Å²) in [5.74, 6) is 0.744. The summed E-state index contributed by atoms with van der Waals surface area (Å²) in [6.45, 7) is -0.202. The Hall–Kier alpha value is -1.62. The lowest BCUT2D eigenvalue weighted by atomic mass is 10.4. The Bertz CT molecular complexity index is 302. The Morgan fingerprint density at radius 1 is 1.67 bits per heavy atom. The van der Waals surface area contributed by atoms with E-state index in [1.807, 2.05) is 0 Å². The molecule has 0 aliphatic heterocycles. The maximum atomic E-state index is 9.88. The minimum absolute atomic E-state index is 0.202. The predicted octanol–water partition coefficient (Wildman–Crippen LogP) is 1.02. The van der Waals surface area contributed by atoms with Gasteiger partial charge < -0.3 is 9.52 Å². The number of aliphatic hydroxyl groups excluding tert-OH is 1. The van der Waals surface area contributed by atoms with Gasteiger partial charge in [-0.15, -0.1) is 0 Å². The van der Waals surface area contributed by atoms with Gasteiger partial charge in [-0.25, -0.2) is 0 Å². The number of nitro groups is 1. The van der Waals surface area contributed by atoms with Gasteiger partial charge in [0.05, 0.1) is 11.0 Å². The summed E-state index contributed by atoms with van der Waals surface area (Å²) in [5, 5.41) is 18.5. The SMILES string of the molecule is O=[N+]([O-])/C=C\c1ccc(CO)o1. The highest BCUT2D eigenvalue weighted by atomic mass is 16.6. The van der Waals surface area contributed by atoms with Crippen LogP contribution in [0.15, 0.2) is 22.7 Å². The van der Waals surface area contributed by atoms with E-state index in [-0.39, 0.29) is 6.61 Å². The number of hydrogen-bond donors (Lipinski definition) is 1. The molecular formula is C7H7NO4. The molecule has 0 saturated carbocycles. The zero-order chi connectivity index (χ0) is 8.97. The van der Waals surface area contributed by atoms with Crippen molar-refractivity contribution in [3.05, 3.63) is 40.0 Å². The van der Waals surface area contributed by atoms with Gasteiger partial charge in [0.25, 0.3) is 0 Å². The molecule has 5 nitrogen and oxygen atoms in total. The summed E-state index contributed by atoms with van der Waals surface area (Å²) in [5.41, 5.74) is 0. The summed E-state index contributed by atoms with van der Waals surface area (Å²) >= 11 is 0. The van der Waals surface area contributed by atoms with Gasteiger partial charge in [0.1, 0.15) is 18.1 Å². The van der Waals surface area contributed by atoms with E-state index in [4.69, 9.17) is 9.52 Å². The van der Waals surface area contributed by atoms with Crippen LogP contribution in [0.4, 0.5) is 0 Å². The van der Waals surface area contributed by atoms with Crippen LogP contribution in [-0.2, 0) is 6.61 Å².